The second-order valence-electron chi connectivity index (χ2n) is 6.61. The standard InChI is InChI=1S/C18H19N5O2S/c1-25-17-15(6-19)16(4-5-20-17)22-7-12-2-3-14(9-22)23(18(12)24)8-13-10-26-11-21-13/h4-5,10-12,14H,2-3,7-9H2,1H3/t12-,14+/m1/s1. The van der Waals surface area contributed by atoms with Gasteiger partial charge in [0.05, 0.1) is 36.5 Å². The summed E-state index contributed by atoms with van der Waals surface area (Å²) in [6.07, 6.45) is 3.51. The normalized spacial score (nSPS) is 22.2. The summed E-state index contributed by atoms with van der Waals surface area (Å²) in [5.74, 6) is 0.460. The van der Waals surface area contributed by atoms with Crippen LogP contribution >= 0.6 is 11.3 Å². The van der Waals surface area contributed by atoms with Gasteiger partial charge in [0.2, 0.25) is 11.8 Å². The van der Waals surface area contributed by atoms with Gasteiger partial charge in [-0.25, -0.2) is 9.97 Å². The van der Waals surface area contributed by atoms with Gasteiger partial charge in [-0.05, 0) is 18.9 Å². The maximum absolute atomic E-state index is 13.0. The molecule has 3 aliphatic heterocycles. The molecular weight excluding hydrogens is 350 g/mol. The van der Waals surface area contributed by atoms with Crippen LogP contribution in [0.15, 0.2) is 23.2 Å². The number of hydrogen-bond donors (Lipinski definition) is 0. The lowest BCUT2D eigenvalue weighted by atomic mass is 9.94. The third-order valence-corrected chi connectivity index (χ3v) is 5.78. The van der Waals surface area contributed by atoms with Gasteiger partial charge < -0.3 is 14.5 Å². The van der Waals surface area contributed by atoms with Crippen molar-refractivity contribution in [1.82, 2.24) is 14.9 Å². The number of rotatable bonds is 4. The van der Waals surface area contributed by atoms with Gasteiger partial charge in [-0.1, -0.05) is 0 Å². The summed E-state index contributed by atoms with van der Waals surface area (Å²) in [6, 6.07) is 4.16. The van der Waals surface area contributed by atoms with E-state index in [9.17, 15) is 10.1 Å². The lowest BCUT2D eigenvalue weighted by molar-refractivity contribution is -0.140. The molecule has 2 aromatic rings. The maximum Gasteiger partial charge on any atom is 0.233 e. The highest BCUT2D eigenvalue weighted by molar-refractivity contribution is 7.07. The van der Waals surface area contributed by atoms with Crippen LogP contribution in [-0.2, 0) is 11.3 Å². The summed E-state index contributed by atoms with van der Waals surface area (Å²) in [5.41, 5.74) is 3.95. The van der Waals surface area contributed by atoms with Crippen molar-refractivity contribution in [2.75, 3.05) is 25.1 Å². The van der Waals surface area contributed by atoms with Crippen molar-refractivity contribution in [2.45, 2.75) is 25.4 Å². The highest BCUT2D eigenvalue weighted by Gasteiger charge is 2.41. The van der Waals surface area contributed by atoms with Gasteiger partial charge in [0, 0.05) is 30.7 Å². The first kappa shape index (κ1) is 16.8. The van der Waals surface area contributed by atoms with E-state index >= 15 is 0 Å². The molecule has 2 aromatic heterocycles. The molecule has 0 aromatic carbocycles. The van der Waals surface area contributed by atoms with Gasteiger partial charge in [0.1, 0.15) is 11.6 Å². The fourth-order valence-corrected chi connectivity index (χ4v) is 4.44. The van der Waals surface area contributed by atoms with E-state index in [-0.39, 0.29) is 17.9 Å². The third kappa shape index (κ3) is 2.88. The Bertz CT molecular complexity index is 848. The third-order valence-electron chi connectivity index (χ3n) is 5.15. The Morgan fingerprint density at radius 2 is 2.27 bits per heavy atom. The molecule has 2 bridgehead atoms. The smallest absolute Gasteiger partial charge is 0.233 e. The molecule has 7 nitrogen and oxygen atoms in total. The monoisotopic (exact) mass is 369 g/mol. The second kappa shape index (κ2) is 6.92. The van der Waals surface area contributed by atoms with Crippen molar-refractivity contribution in [3.63, 3.8) is 0 Å². The van der Waals surface area contributed by atoms with Gasteiger partial charge in [-0.15, -0.1) is 11.3 Å². The quantitative estimate of drug-likeness (QED) is 0.820. The number of anilines is 1. The molecular formula is C18H19N5O2S. The second-order valence-corrected chi connectivity index (χ2v) is 7.32. The summed E-state index contributed by atoms with van der Waals surface area (Å²) >= 11 is 1.54. The number of thiazole rings is 1. The summed E-state index contributed by atoms with van der Waals surface area (Å²) < 4.78 is 5.24. The Morgan fingerprint density at radius 1 is 1.38 bits per heavy atom. The van der Waals surface area contributed by atoms with Crippen molar-refractivity contribution in [3.8, 4) is 11.9 Å². The Kier molecular flexibility index (Phi) is 4.47. The van der Waals surface area contributed by atoms with Crippen LogP contribution in [0.4, 0.5) is 5.69 Å². The molecule has 0 unspecified atom stereocenters. The molecule has 0 N–H and O–H groups in total. The van der Waals surface area contributed by atoms with Gasteiger partial charge in [0.25, 0.3) is 0 Å². The topological polar surface area (TPSA) is 82.3 Å². The minimum absolute atomic E-state index is 0.0573. The summed E-state index contributed by atoms with van der Waals surface area (Å²) in [4.78, 5) is 25.5. The first-order chi connectivity index (χ1) is 12.7. The molecule has 8 heteroatoms. The van der Waals surface area contributed by atoms with Crippen molar-refractivity contribution in [3.05, 3.63) is 34.4 Å². The molecule has 0 spiro atoms. The molecule has 1 amide bonds. The van der Waals surface area contributed by atoms with Crippen LogP contribution < -0.4 is 9.64 Å². The van der Waals surface area contributed by atoms with Crippen molar-refractivity contribution in [2.24, 2.45) is 5.92 Å². The molecule has 0 saturated carbocycles. The van der Waals surface area contributed by atoms with Gasteiger partial charge >= 0.3 is 0 Å². The van der Waals surface area contributed by atoms with Gasteiger partial charge in [-0.3, -0.25) is 4.79 Å². The number of pyridine rings is 1. The molecule has 3 saturated heterocycles. The number of carbonyl (C=O) groups excluding carboxylic acids is 1. The predicted molar refractivity (Wildman–Crippen MR) is 96.9 cm³/mol. The molecule has 3 aliphatic rings. The minimum atomic E-state index is -0.0573. The first-order valence-electron chi connectivity index (χ1n) is 8.57. The lowest BCUT2D eigenvalue weighted by Gasteiger charge is -2.35. The van der Waals surface area contributed by atoms with Crippen LogP contribution in [0.3, 0.4) is 0 Å². The number of amides is 1. The number of piperidine rings is 1. The molecule has 26 heavy (non-hydrogen) atoms. The zero-order valence-electron chi connectivity index (χ0n) is 14.5. The van der Waals surface area contributed by atoms with Crippen LogP contribution in [0.1, 0.15) is 24.1 Å². The number of aromatic nitrogens is 2. The van der Waals surface area contributed by atoms with E-state index < -0.39 is 0 Å². The van der Waals surface area contributed by atoms with E-state index in [4.69, 9.17) is 4.74 Å². The number of nitrogens with zero attached hydrogens (tertiary/aromatic N) is 5. The van der Waals surface area contributed by atoms with E-state index in [1.54, 1.807) is 23.0 Å². The number of methoxy groups -OCH3 is 1. The van der Waals surface area contributed by atoms with Gasteiger partial charge in [-0.2, -0.15) is 5.26 Å². The Balaban J connectivity index is 1.64. The number of nitriles is 1. The molecule has 0 radical (unpaired) electrons. The van der Waals surface area contributed by atoms with Gasteiger partial charge in [0.15, 0.2) is 0 Å². The van der Waals surface area contributed by atoms with Crippen LogP contribution in [0, 0.1) is 17.2 Å². The van der Waals surface area contributed by atoms with E-state index in [1.165, 1.54) is 7.11 Å². The fourth-order valence-electron chi connectivity index (χ4n) is 3.89. The number of ether oxygens (including phenoxy) is 1. The molecule has 3 fully saturated rings. The van der Waals surface area contributed by atoms with Crippen LogP contribution in [0.2, 0.25) is 0 Å². The maximum atomic E-state index is 13.0. The zero-order chi connectivity index (χ0) is 18.1. The summed E-state index contributed by atoms with van der Waals surface area (Å²) in [6.45, 7) is 1.88. The van der Waals surface area contributed by atoms with Crippen LogP contribution in [0.5, 0.6) is 5.88 Å². The van der Waals surface area contributed by atoms with E-state index in [0.717, 1.165) is 24.2 Å². The fraction of sp³-hybridized carbons (Fsp3) is 0.444. The largest absolute Gasteiger partial charge is 0.480 e. The Labute approximate surface area is 155 Å². The van der Waals surface area contributed by atoms with E-state index in [2.05, 4.69) is 20.9 Å². The molecule has 0 aliphatic carbocycles. The summed E-state index contributed by atoms with van der Waals surface area (Å²) in [5, 5.41) is 11.6. The van der Waals surface area contributed by atoms with Crippen LogP contribution in [-0.4, -0.2) is 47.0 Å². The number of carbonyl (C=O) groups is 1. The average molecular weight is 369 g/mol. The lowest BCUT2D eigenvalue weighted by Crippen LogP contribution is -2.47. The zero-order valence-corrected chi connectivity index (χ0v) is 15.3. The Hall–Kier alpha value is -2.66. The van der Waals surface area contributed by atoms with Crippen LogP contribution in [0.25, 0.3) is 0 Å². The molecule has 2 atom stereocenters. The average Bonchev–Trinajstić information content (AvgIpc) is 3.04. The number of fused-ring (bicyclic) bond motifs is 4. The SMILES string of the molecule is COc1nccc(N2C[C@H]3CC[C@@H](C2)N(Cc2cscn2)C3=O)c1C#N. The van der Waals surface area contributed by atoms with E-state index in [1.807, 2.05) is 16.3 Å². The summed E-state index contributed by atoms with van der Waals surface area (Å²) in [7, 11) is 1.51. The minimum Gasteiger partial charge on any atom is -0.480 e. The highest BCUT2D eigenvalue weighted by Crippen LogP contribution is 2.35. The number of hydrogen-bond acceptors (Lipinski definition) is 7. The first-order valence-corrected chi connectivity index (χ1v) is 9.51. The molecule has 5 rings (SSSR count). The van der Waals surface area contributed by atoms with Crippen molar-refractivity contribution in [1.29, 1.82) is 5.26 Å². The molecule has 134 valence electrons. The predicted octanol–water partition coefficient (Wildman–Crippen LogP) is 2.05. The van der Waals surface area contributed by atoms with Crippen molar-refractivity contribution >= 4 is 22.9 Å². The van der Waals surface area contributed by atoms with Crippen molar-refractivity contribution < 1.29 is 9.53 Å². The van der Waals surface area contributed by atoms with E-state index in [0.29, 0.717) is 31.1 Å². The molecule has 5 heterocycles. The Morgan fingerprint density at radius 3 is 3.00 bits per heavy atom. The highest BCUT2D eigenvalue weighted by atomic mass is 32.1.